The van der Waals surface area contributed by atoms with Crippen LogP contribution < -0.4 is 5.56 Å². The number of aromatic amines is 1. The molecule has 7 nitrogen and oxygen atoms in total. The molecule has 1 saturated carbocycles. The topological polar surface area (TPSA) is 79.7 Å². The second-order valence-corrected chi connectivity index (χ2v) is 10.8. The lowest BCUT2D eigenvalue weighted by Gasteiger charge is -2.32. The summed E-state index contributed by atoms with van der Waals surface area (Å²) in [6.45, 7) is 5.53. The number of para-hydroxylation sites is 1. The highest BCUT2D eigenvalue weighted by molar-refractivity contribution is 7.09. The summed E-state index contributed by atoms with van der Waals surface area (Å²) in [5, 5.41) is 16.3. The van der Waals surface area contributed by atoms with Crippen LogP contribution in [0.25, 0.3) is 10.9 Å². The highest BCUT2D eigenvalue weighted by atomic mass is 32.1. The lowest BCUT2D eigenvalue weighted by molar-refractivity contribution is 0.151. The SMILES string of the molecule is CCC[C@@H](c1nnnn1C1CCCCC1)N(Cc1cccs1)Cc1cc2cccc(C)c2[nH]c1=O. The van der Waals surface area contributed by atoms with Gasteiger partial charge in [-0.3, -0.25) is 9.69 Å². The van der Waals surface area contributed by atoms with Gasteiger partial charge in [0, 0.05) is 23.5 Å². The first-order valence-corrected chi connectivity index (χ1v) is 13.7. The second-order valence-electron chi connectivity index (χ2n) is 9.73. The minimum Gasteiger partial charge on any atom is -0.321 e. The Kier molecular flexibility index (Phi) is 7.39. The number of hydrogen-bond donors (Lipinski definition) is 1. The molecule has 3 heterocycles. The van der Waals surface area contributed by atoms with Crippen LogP contribution in [0.5, 0.6) is 0 Å². The van der Waals surface area contributed by atoms with Crippen LogP contribution in [0.15, 0.2) is 46.6 Å². The minimum atomic E-state index is -0.0231. The van der Waals surface area contributed by atoms with Crippen molar-refractivity contribution in [2.75, 3.05) is 0 Å². The van der Waals surface area contributed by atoms with E-state index in [1.54, 1.807) is 11.3 Å². The molecule has 184 valence electrons. The summed E-state index contributed by atoms with van der Waals surface area (Å²) in [7, 11) is 0. The fraction of sp³-hybridized carbons (Fsp3) is 0.481. The molecule has 0 aliphatic heterocycles. The Bertz CT molecular complexity index is 1300. The Morgan fingerprint density at radius 2 is 2.03 bits per heavy atom. The summed E-state index contributed by atoms with van der Waals surface area (Å²) < 4.78 is 2.09. The van der Waals surface area contributed by atoms with E-state index in [9.17, 15) is 4.79 Å². The van der Waals surface area contributed by atoms with Crippen LogP contribution >= 0.6 is 11.3 Å². The van der Waals surface area contributed by atoms with Crippen molar-refractivity contribution in [3.05, 3.63) is 74.0 Å². The number of pyridine rings is 1. The molecule has 1 N–H and O–H groups in total. The van der Waals surface area contributed by atoms with E-state index in [2.05, 4.69) is 66.7 Å². The van der Waals surface area contributed by atoms with E-state index in [0.29, 0.717) is 12.6 Å². The quantitative estimate of drug-likeness (QED) is 0.314. The van der Waals surface area contributed by atoms with Crippen molar-refractivity contribution < 1.29 is 0 Å². The van der Waals surface area contributed by atoms with E-state index >= 15 is 0 Å². The second kappa shape index (κ2) is 10.8. The summed E-state index contributed by atoms with van der Waals surface area (Å²) in [6.07, 6.45) is 7.96. The molecular weight excluding hydrogens is 456 g/mol. The summed E-state index contributed by atoms with van der Waals surface area (Å²) >= 11 is 1.75. The van der Waals surface area contributed by atoms with Gasteiger partial charge in [0.2, 0.25) is 0 Å². The molecule has 1 aromatic carbocycles. The van der Waals surface area contributed by atoms with Gasteiger partial charge in [-0.15, -0.1) is 16.4 Å². The maximum Gasteiger partial charge on any atom is 0.252 e. The third-order valence-electron chi connectivity index (χ3n) is 7.22. The van der Waals surface area contributed by atoms with Gasteiger partial charge in [0.1, 0.15) is 0 Å². The van der Waals surface area contributed by atoms with Gasteiger partial charge in [-0.25, -0.2) is 4.68 Å². The van der Waals surface area contributed by atoms with Gasteiger partial charge in [0.25, 0.3) is 5.56 Å². The highest BCUT2D eigenvalue weighted by Crippen LogP contribution is 2.33. The number of nitrogens with one attached hydrogen (secondary N) is 1. The number of rotatable bonds is 9. The third-order valence-corrected chi connectivity index (χ3v) is 8.08. The predicted molar refractivity (Wildman–Crippen MR) is 140 cm³/mol. The molecule has 0 unspecified atom stereocenters. The van der Waals surface area contributed by atoms with Gasteiger partial charge in [0.05, 0.1) is 17.6 Å². The normalized spacial score (nSPS) is 15.7. The van der Waals surface area contributed by atoms with Crippen molar-refractivity contribution in [2.24, 2.45) is 0 Å². The number of thiophene rings is 1. The Hall–Kier alpha value is -2.84. The molecule has 35 heavy (non-hydrogen) atoms. The van der Waals surface area contributed by atoms with Crippen molar-refractivity contribution in [3.8, 4) is 0 Å². The molecular formula is C27H34N6OS. The molecule has 1 aliphatic carbocycles. The maximum absolute atomic E-state index is 13.2. The van der Waals surface area contributed by atoms with E-state index in [4.69, 9.17) is 0 Å². The predicted octanol–water partition coefficient (Wildman–Crippen LogP) is 5.93. The Balaban J connectivity index is 1.53. The van der Waals surface area contributed by atoms with Gasteiger partial charge in [-0.05, 0) is 65.1 Å². The van der Waals surface area contributed by atoms with Crippen LogP contribution in [0.1, 0.15) is 85.8 Å². The van der Waals surface area contributed by atoms with Crippen molar-refractivity contribution in [2.45, 2.75) is 84.0 Å². The zero-order valence-electron chi connectivity index (χ0n) is 20.6. The Morgan fingerprint density at radius 1 is 1.17 bits per heavy atom. The summed E-state index contributed by atoms with van der Waals surface area (Å²) in [5.74, 6) is 0.934. The number of aromatic nitrogens is 5. The zero-order chi connectivity index (χ0) is 24.2. The van der Waals surface area contributed by atoms with Gasteiger partial charge in [0.15, 0.2) is 5.82 Å². The van der Waals surface area contributed by atoms with Gasteiger partial charge >= 0.3 is 0 Å². The van der Waals surface area contributed by atoms with Gasteiger partial charge < -0.3 is 4.98 Å². The first-order valence-electron chi connectivity index (χ1n) is 12.8. The molecule has 4 aromatic rings. The summed E-state index contributed by atoms with van der Waals surface area (Å²) in [6, 6.07) is 12.8. The fourth-order valence-electron chi connectivity index (χ4n) is 5.40. The maximum atomic E-state index is 13.2. The molecule has 8 heteroatoms. The van der Waals surface area contributed by atoms with Crippen LogP contribution in [0.4, 0.5) is 0 Å². The van der Waals surface area contributed by atoms with Crippen LogP contribution in [0, 0.1) is 6.92 Å². The monoisotopic (exact) mass is 490 g/mol. The number of tetrazole rings is 1. The van der Waals surface area contributed by atoms with E-state index in [0.717, 1.165) is 60.1 Å². The van der Waals surface area contributed by atoms with Crippen molar-refractivity contribution in [1.82, 2.24) is 30.1 Å². The first kappa shape index (κ1) is 23.9. The highest BCUT2D eigenvalue weighted by Gasteiger charge is 2.30. The number of hydrogen-bond acceptors (Lipinski definition) is 6. The molecule has 1 fully saturated rings. The molecule has 0 saturated heterocycles. The van der Waals surface area contributed by atoms with Crippen molar-refractivity contribution in [3.63, 3.8) is 0 Å². The van der Waals surface area contributed by atoms with E-state index in [-0.39, 0.29) is 11.6 Å². The average Bonchev–Trinajstić information content (AvgIpc) is 3.56. The van der Waals surface area contributed by atoms with Crippen LogP contribution in [0.3, 0.4) is 0 Å². The van der Waals surface area contributed by atoms with Crippen molar-refractivity contribution in [1.29, 1.82) is 0 Å². The van der Waals surface area contributed by atoms with Gasteiger partial charge in [-0.2, -0.15) is 0 Å². The molecule has 0 spiro atoms. The van der Waals surface area contributed by atoms with Gasteiger partial charge in [-0.1, -0.05) is 56.9 Å². The zero-order valence-corrected chi connectivity index (χ0v) is 21.4. The molecule has 5 rings (SSSR count). The Morgan fingerprint density at radius 3 is 2.80 bits per heavy atom. The average molecular weight is 491 g/mol. The van der Waals surface area contributed by atoms with Crippen LogP contribution in [-0.4, -0.2) is 30.1 Å². The molecule has 0 amide bonds. The third kappa shape index (κ3) is 5.23. The largest absolute Gasteiger partial charge is 0.321 e. The van der Waals surface area contributed by atoms with E-state index in [1.165, 1.54) is 24.1 Å². The fourth-order valence-corrected chi connectivity index (χ4v) is 6.13. The number of fused-ring (bicyclic) bond motifs is 1. The number of benzene rings is 1. The lowest BCUT2D eigenvalue weighted by atomic mass is 9.95. The van der Waals surface area contributed by atoms with Crippen molar-refractivity contribution >= 4 is 22.2 Å². The first-order chi connectivity index (χ1) is 17.1. The number of H-pyrrole nitrogens is 1. The minimum absolute atomic E-state index is 0.0231. The Labute approximate surface area is 210 Å². The smallest absolute Gasteiger partial charge is 0.252 e. The number of aryl methyl sites for hydroxylation is 1. The lowest BCUT2D eigenvalue weighted by Crippen LogP contribution is -2.33. The summed E-state index contributed by atoms with van der Waals surface area (Å²) in [4.78, 5) is 20.0. The molecule has 1 atom stereocenters. The standard InChI is InChI=1S/C27H34N6OS/c1-3-9-24(26-29-30-31-33(26)22-12-5-4-6-13-22)32(18-23-14-8-15-35-23)17-21-16-20-11-7-10-19(2)25(20)28-27(21)34/h7-8,10-11,14-16,22,24H,3-6,9,12-13,17-18H2,1-2H3,(H,28,34)/t24-/m0/s1. The van der Waals surface area contributed by atoms with E-state index < -0.39 is 0 Å². The number of nitrogens with zero attached hydrogens (tertiary/aromatic N) is 5. The van der Waals surface area contributed by atoms with Crippen LogP contribution in [-0.2, 0) is 13.1 Å². The molecule has 0 radical (unpaired) electrons. The molecule has 0 bridgehead atoms. The van der Waals surface area contributed by atoms with Crippen LogP contribution in [0.2, 0.25) is 0 Å². The molecule has 3 aromatic heterocycles. The molecule has 1 aliphatic rings. The summed E-state index contributed by atoms with van der Waals surface area (Å²) in [5.41, 5.74) is 2.75. The van der Waals surface area contributed by atoms with E-state index in [1.807, 2.05) is 19.1 Å².